The van der Waals surface area contributed by atoms with Crippen LogP contribution in [0, 0.1) is 6.92 Å². The lowest BCUT2D eigenvalue weighted by Crippen LogP contribution is -2.44. The third kappa shape index (κ3) is 2.23. The molecule has 7 nitrogen and oxygen atoms in total. The molecular weight excluding hydrogens is 258 g/mol. The van der Waals surface area contributed by atoms with E-state index in [0.717, 1.165) is 37.3 Å². The molecule has 1 saturated heterocycles. The molecule has 0 aromatic carbocycles. The summed E-state index contributed by atoms with van der Waals surface area (Å²) in [7, 11) is 2.07. The summed E-state index contributed by atoms with van der Waals surface area (Å²) in [6.45, 7) is 6.68. The first-order chi connectivity index (χ1) is 9.70. The minimum absolute atomic E-state index is 0.145. The maximum Gasteiger partial charge on any atom is 0.263 e. The van der Waals surface area contributed by atoms with Crippen LogP contribution in [-0.2, 0) is 6.42 Å². The monoisotopic (exact) mass is 277 g/mol. The number of hydrogen-bond acceptors (Lipinski definition) is 7. The molecule has 20 heavy (non-hydrogen) atoms. The highest BCUT2D eigenvalue weighted by Crippen LogP contribution is 2.28. The fraction of sp³-hybridized carbons (Fsp3) is 0.615. The molecule has 0 spiro atoms. The van der Waals surface area contributed by atoms with Crippen molar-refractivity contribution in [1.82, 2.24) is 25.5 Å². The number of nitrogens with one attached hydrogen (secondary N) is 1. The predicted octanol–water partition coefficient (Wildman–Crippen LogP) is 1.17. The number of nitrogens with zero attached hydrogens (tertiary/aromatic N) is 4. The van der Waals surface area contributed by atoms with Crippen molar-refractivity contribution in [3.05, 3.63) is 17.3 Å². The summed E-state index contributed by atoms with van der Waals surface area (Å²) in [6, 6.07) is 0.145. The molecule has 1 atom stereocenters. The van der Waals surface area contributed by atoms with Crippen LogP contribution in [0.25, 0.3) is 11.5 Å². The average molecular weight is 277 g/mol. The van der Waals surface area contributed by atoms with Crippen LogP contribution in [-0.4, -0.2) is 46.9 Å². The summed E-state index contributed by atoms with van der Waals surface area (Å²) in [5.74, 6) is 1.92. The van der Waals surface area contributed by atoms with Crippen molar-refractivity contribution < 1.29 is 9.05 Å². The Labute approximate surface area is 117 Å². The Morgan fingerprint density at radius 3 is 2.95 bits per heavy atom. The van der Waals surface area contributed by atoms with Gasteiger partial charge in [-0.1, -0.05) is 17.2 Å². The SMILES string of the molecule is CCc1noc(C)c1-c1nc(C2CNCCN2C)no1. The minimum atomic E-state index is 0.145. The summed E-state index contributed by atoms with van der Waals surface area (Å²) in [4.78, 5) is 6.77. The zero-order valence-corrected chi connectivity index (χ0v) is 12.0. The topological polar surface area (TPSA) is 80.2 Å². The zero-order valence-electron chi connectivity index (χ0n) is 12.0. The van der Waals surface area contributed by atoms with Crippen molar-refractivity contribution in [3.8, 4) is 11.5 Å². The van der Waals surface area contributed by atoms with E-state index in [-0.39, 0.29) is 6.04 Å². The lowest BCUT2D eigenvalue weighted by Gasteiger charge is -2.30. The van der Waals surface area contributed by atoms with Gasteiger partial charge in [-0.05, 0) is 20.4 Å². The largest absolute Gasteiger partial charge is 0.361 e. The number of rotatable bonds is 3. The molecule has 0 amide bonds. The first-order valence-corrected chi connectivity index (χ1v) is 6.90. The first kappa shape index (κ1) is 13.3. The Bertz CT molecular complexity index is 591. The maximum atomic E-state index is 5.42. The summed E-state index contributed by atoms with van der Waals surface area (Å²) in [6.07, 6.45) is 0.773. The molecule has 1 aliphatic heterocycles. The van der Waals surface area contributed by atoms with Crippen molar-refractivity contribution in [2.75, 3.05) is 26.7 Å². The lowest BCUT2D eigenvalue weighted by atomic mass is 10.1. The van der Waals surface area contributed by atoms with Gasteiger partial charge in [-0.25, -0.2) is 0 Å². The van der Waals surface area contributed by atoms with E-state index < -0.39 is 0 Å². The van der Waals surface area contributed by atoms with Crippen LogP contribution < -0.4 is 5.32 Å². The molecule has 1 unspecified atom stereocenters. The Hall–Kier alpha value is -1.73. The molecule has 0 bridgehead atoms. The number of piperazine rings is 1. The predicted molar refractivity (Wildman–Crippen MR) is 72.2 cm³/mol. The van der Waals surface area contributed by atoms with Crippen LogP contribution in [0.4, 0.5) is 0 Å². The quantitative estimate of drug-likeness (QED) is 0.902. The van der Waals surface area contributed by atoms with Crippen LogP contribution in [0.5, 0.6) is 0 Å². The molecule has 7 heteroatoms. The van der Waals surface area contributed by atoms with Crippen LogP contribution in [0.15, 0.2) is 9.05 Å². The van der Waals surface area contributed by atoms with Gasteiger partial charge < -0.3 is 14.4 Å². The third-order valence-electron chi connectivity index (χ3n) is 3.73. The molecule has 2 aromatic heterocycles. The molecule has 1 fully saturated rings. The van der Waals surface area contributed by atoms with E-state index in [4.69, 9.17) is 9.05 Å². The summed E-state index contributed by atoms with van der Waals surface area (Å²) in [5.41, 5.74) is 1.69. The molecule has 0 radical (unpaired) electrons. The smallest absolute Gasteiger partial charge is 0.263 e. The van der Waals surface area contributed by atoms with Crippen LogP contribution in [0.1, 0.15) is 30.2 Å². The fourth-order valence-corrected chi connectivity index (χ4v) is 2.50. The second-order valence-electron chi connectivity index (χ2n) is 5.07. The second kappa shape index (κ2) is 5.34. The van der Waals surface area contributed by atoms with Gasteiger partial charge in [0, 0.05) is 19.6 Å². The normalized spacial score (nSPS) is 20.4. The van der Waals surface area contributed by atoms with Gasteiger partial charge >= 0.3 is 0 Å². The minimum Gasteiger partial charge on any atom is -0.361 e. The van der Waals surface area contributed by atoms with Crippen LogP contribution in [0.2, 0.25) is 0 Å². The Kier molecular flexibility index (Phi) is 3.54. The van der Waals surface area contributed by atoms with Crippen LogP contribution >= 0.6 is 0 Å². The summed E-state index contributed by atoms with van der Waals surface area (Å²) >= 11 is 0. The summed E-state index contributed by atoms with van der Waals surface area (Å²) < 4.78 is 10.6. The highest BCUT2D eigenvalue weighted by molar-refractivity contribution is 5.58. The molecule has 1 aliphatic rings. The lowest BCUT2D eigenvalue weighted by molar-refractivity contribution is 0.190. The van der Waals surface area contributed by atoms with Gasteiger partial charge in [0.25, 0.3) is 5.89 Å². The molecule has 1 N–H and O–H groups in total. The van der Waals surface area contributed by atoms with Gasteiger partial charge in [0.05, 0.1) is 11.7 Å². The molecule has 3 heterocycles. The summed E-state index contributed by atoms with van der Waals surface area (Å²) in [5, 5.41) is 11.5. The second-order valence-corrected chi connectivity index (χ2v) is 5.07. The maximum absolute atomic E-state index is 5.42. The van der Waals surface area contributed by atoms with Crippen molar-refractivity contribution in [2.24, 2.45) is 0 Å². The van der Waals surface area contributed by atoms with Crippen LogP contribution in [0.3, 0.4) is 0 Å². The average Bonchev–Trinajstić information content (AvgIpc) is 3.05. The van der Waals surface area contributed by atoms with E-state index in [1.165, 1.54) is 0 Å². The zero-order chi connectivity index (χ0) is 14.1. The first-order valence-electron chi connectivity index (χ1n) is 6.90. The van der Waals surface area contributed by atoms with E-state index in [1.54, 1.807) is 0 Å². The van der Waals surface area contributed by atoms with Crippen molar-refractivity contribution >= 4 is 0 Å². The van der Waals surface area contributed by atoms with Crippen molar-refractivity contribution in [3.63, 3.8) is 0 Å². The Morgan fingerprint density at radius 1 is 1.35 bits per heavy atom. The van der Waals surface area contributed by atoms with Gasteiger partial charge in [0.15, 0.2) is 5.82 Å². The van der Waals surface area contributed by atoms with Gasteiger partial charge in [0.2, 0.25) is 0 Å². The number of likely N-dealkylation sites (N-methyl/N-ethyl adjacent to an activating group) is 1. The highest BCUT2D eigenvalue weighted by atomic mass is 16.5. The molecule has 0 saturated carbocycles. The number of hydrogen-bond donors (Lipinski definition) is 1. The molecule has 2 aromatic rings. The molecule has 3 rings (SSSR count). The van der Waals surface area contributed by atoms with E-state index in [0.29, 0.717) is 17.5 Å². The standard InChI is InChI=1S/C13H19N5O2/c1-4-9-11(8(2)19-16-9)13-15-12(17-20-13)10-7-14-5-6-18(10)3/h10,14H,4-7H2,1-3H3. The number of aromatic nitrogens is 3. The van der Waals surface area contributed by atoms with Crippen molar-refractivity contribution in [2.45, 2.75) is 26.3 Å². The van der Waals surface area contributed by atoms with Gasteiger partial charge in [-0.15, -0.1) is 0 Å². The number of aryl methyl sites for hydroxylation is 2. The van der Waals surface area contributed by atoms with Gasteiger partial charge in [-0.2, -0.15) is 4.98 Å². The van der Waals surface area contributed by atoms with Crippen molar-refractivity contribution in [1.29, 1.82) is 0 Å². The Balaban J connectivity index is 1.91. The molecule has 108 valence electrons. The fourth-order valence-electron chi connectivity index (χ4n) is 2.50. The third-order valence-corrected chi connectivity index (χ3v) is 3.73. The van der Waals surface area contributed by atoms with Gasteiger partial charge in [-0.3, -0.25) is 4.90 Å². The highest BCUT2D eigenvalue weighted by Gasteiger charge is 2.27. The van der Waals surface area contributed by atoms with Gasteiger partial charge in [0.1, 0.15) is 11.3 Å². The Morgan fingerprint density at radius 2 is 2.20 bits per heavy atom. The van der Waals surface area contributed by atoms with E-state index in [2.05, 4.69) is 32.6 Å². The van der Waals surface area contributed by atoms with E-state index in [9.17, 15) is 0 Å². The van der Waals surface area contributed by atoms with E-state index in [1.807, 2.05) is 13.8 Å². The molecular formula is C13H19N5O2. The molecule has 0 aliphatic carbocycles. The van der Waals surface area contributed by atoms with E-state index >= 15 is 0 Å².